The van der Waals surface area contributed by atoms with Gasteiger partial charge in [0.1, 0.15) is 6.33 Å². The van der Waals surface area contributed by atoms with E-state index in [1.165, 1.54) is 6.33 Å². The highest BCUT2D eigenvalue weighted by atomic mass is 19.1. The van der Waals surface area contributed by atoms with Crippen molar-refractivity contribution in [2.75, 3.05) is 11.9 Å². The summed E-state index contributed by atoms with van der Waals surface area (Å²) >= 11 is 0. The summed E-state index contributed by atoms with van der Waals surface area (Å²) in [7, 11) is 0. The van der Waals surface area contributed by atoms with E-state index in [1.807, 2.05) is 6.92 Å². The Morgan fingerprint density at radius 3 is 2.94 bits per heavy atom. The van der Waals surface area contributed by atoms with Gasteiger partial charge in [-0.2, -0.15) is 0 Å². The summed E-state index contributed by atoms with van der Waals surface area (Å²) in [5, 5.41) is 3.17. The first-order valence-corrected chi connectivity index (χ1v) is 6.41. The fourth-order valence-electron chi connectivity index (χ4n) is 2.30. The molecular weight excluding hydrogens is 233 g/mol. The van der Waals surface area contributed by atoms with Crippen LogP contribution in [-0.4, -0.2) is 28.2 Å². The Morgan fingerprint density at radius 2 is 2.28 bits per heavy atom. The van der Waals surface area contributed by atoms with Gasteiger partial charge in [-0.05, 0) is 33.1 Å². The van der Waals surface area contributed by atoms with Crippen LogP contribution in [0.1, 0.15) is 39.3 Å². The SMILES string of the molecule is CCc1ncnc(NC2CCOC(C)(C)C2)c1F. The third-order valence-electron chi connectivity index (χ3n) is 3.23. The van der Waals surface area contributed by atoms with Crippen molar-refractivity contribution in [2.45, 2.75) is 51.7 Å². The van der Waals surface area contributed by atoms with Crippen LogP contribution in [0.15, 0.2) is 6.33 Å². The lowest BCUT2D eigenvalue weighted by molar-refractivity contribution is -0.0553. The summed E-state index contributed by atoms with van der Waals surface area (Å²) in [6, 6.07) is 0.197. The molecule has 1 aliphatic rings. The minimum atomic E-state index is -0.329. The molecule has 2 heterocycles. The molecule has 5 heteroatoms. The van der Waals surface area contributed by atoms with E-state index in [-0.39, 0.29) is 17.5 Å². The van der Waals surface area contributed by atoms with Gasteiger partial charge in [-0.1, -0.05) is 6.92 Å². The van der Waals surface area contributed by atoms with Gasteiger partial charge in [0.25, 0.3) is 0 Å². The number of hydrogen-bond acceptors (Lipinski definition) is 4. The second-order valence-corrected chi connectivity index (χ2v) is 5.28. The monoisotopic (exact) mass is 253 g/mol. The van der Waals surface area contributed by atoms with Crippen LogP contribution in [0.4, 0.5) is 10.2 Å². The molecule has 4 nitrogen and oxygen atoms in total. The summed E-state index contributed by atoms with van der Waals surface area (Å²) in [6.45, 7) is 6.67. The van der Waals surface area contributed by atoms with Crippen molar-refractivity contribution >= 4 is 5.82 Å². The van der Waals surface area contributed by atoms with E-state index in [0.717, 1.165) is 12.8 Å². The number of rotatable bonds is 3. The molecule has 18 heavy (non-hydrogen) atoms. The van der Waals surface area contributed by atoms with E-state index in [2.05, 4.69) is 29.1 Å². The van der Waals surface area contributed by atoms with Crippen LogP contribution in [0.5, 0.6) is 0 Å². The Bertz CT molecular complexity index is 423. The summed E-state index contributed by atoms with van der Waals surface area (Å²) in [5.74, 6) is -0.0196. The fraction of sp³-hybridized carbons (Fsp3) is 0.692. The number of nitrogens with one attached hydrogen (secondary N) is 1. The normalized spacial score (nSPS) is 22.8. The zero-order valence-corrected chi connectivity index (χ0v) is 11.2. The van der Waals surface area contributed by atoms with E-state index >= 15 is 0 Å². The molecule has 2 rings (SSSR count). The van der Waals surface area contributed by atoms with Crippen LogP contribution in [0.3, 0.4) is 0 Å². The topological polar surface area (TPSA) is 47.0 Å². The third-order valence-corrected chi connectivity index (χ3v) is 3.23. The van der Waals surface area contributed by atoms with Crippen molar-refractivity contribution in [3.05, 3.63) is 17.8 Å². The van der Waals surface area contributed by atoms with Crippen LogP contribution < -0.4 is 5.32 Å². The van der Waals surface area contributed by atoms with Crippen LogP contribution in [0.2, 0.25) is 0 Å². The number of halogens is 1. The molecule has 1 aliphatic heterocycles. The average molecular weight is 253 g/mol. The molecule has 0 radical (unpaired) electrons. The number of hydrogen-bond donors (Lipinski definition) is 1. The molecule has 1 atom stereocenters. The average Bonchev–Trinajstić information content (AvgIpc) is 2.31. The second kappa shape index (κ2) is 5.18. The predicted molar refractivity (Wildman–Crippen MR) is 68.0 cm³/mol. The second-order valence-electron chi connectivity index (χ2n) is 5.28. The highest BCUT2D eigenvalue weighted by Gasteiger charge is 2.29. The van der Waals surface area contributed by atoms with Gasteiger partial charge >= 0.3 is 0 Å². The van der Waals surface area contributed by atoms with Crippen LogP contribution >= 0.6 is 0 Å². The number of nitrogens with zero attached hydrogens (tertiary/aromatic N) is 2. The molecule has 1 unspecified atom stereocenters. The van der Waals surface area contributed by atoms with Crippen LogP contribution in [-0.2, 0) is 11.2 Å². The zero-order chi connectivity index (χ0) is 13.2. The zero-order valence-electron chi connectivity index (χ0n) is 11.2. The van der Waals surface area contributed by atoms with Gasteiger partial charge in [0.15, 0.2) is 11.6 Å². The number of anilines is 1. The first-order chi connectivity index (χ1) is 8.52. The van der Waals surface area contributed by atoms with Gasteiger partial charge in [0.05, 0.1) is 11.3 Å². The Kier molecular flexibility index (Phi) is 3.80. The van der Waals surface area contributed by atoms with Crippen molar-refractivity contribution in [1.82, 2.24) is 9.97 Å². The number of ether oxygens (including phenoxy) is 1. The molecule has 0 aromatic carbocycles. The Balaban J connectivity index is 2.09. The van der Waals surface area contributed by atoms with Gasteiger partial charge < -0.3 is 10.1 Å². The first-order valence-electron chi connectivity index (χ1n) is 6.41. The molecule has 100 valence electrons. The van der Waals surface area contributed by atoms with Crippen molar-refractivity contribution in [3.8, 4) is 0 Å². The smallest absolute Gasteiger partial charge is 0.186 e. The minimum absolute atomic E-state index is 0.160. The molecule has 0 saturated carbocycles. The molecule has 0 bridgehead atoms. The molecule has 0 spiro atoms. The molecule has 1 fully saturated rings. The van der Waals surface area contributed by atoms with Gasteiger partial charge in [0.2, 0.25) is 0 Å². The summed E-state index contributed by atoms with van der Waals surface area (Å²) < 4.78 is 19.6. The number of aryl methyl sites for hydroxylation is 1. The molecule has 1 aromatic heterocycles. The molecular formula is C13H20FN3O. The minimum Gasteiger partial charge on any atom is -0.375 e. The Hall–Kier alpha value is -1.23. The van der Waals surface area contributed by atoms with E-state index in [4.69, 9.17) is 4.74 Å². The lowest BCUT2D eigenvalue weighted by atomic mass is 9.94. The standard InChI is InChI=1S/C13H20FN3O/c1-4-10-11(14)12(16-8-15-10)17-9-5-6-18-13(2,3)7-9/h8-9H,4-7H2,1-3H3,(H,15,16,17). The molecule has 1 N–H and O–H groups in total. The van der Waals surface area contributed by atoms with Gasteiger partial charge in [-0.25, -0.2) is 14.4 Å². The van der Waals surface area contributed by atoms with Gasteiger partial charge in [-0.15, -0.1) is 0 Å². The maximum Gasteiger partial charge on any atom is 0.186 e. The Morgan fingerprint density at radius 1 is 1.50 bits per heavy atom. The number of aromatic nitrogens is 2. The van der Waals surface area contributed by atoms with Gasteiger partial charge in [-0.3, -0.25) is 0 Å². The fourth-order valence-corrected chi connectivity index (χ4v) is 2.30. The van der Waals surface area contributed by atoms with Crippen molar-refractivity contribution in [1.29, 1.82) is 0 Å². The largest absolute Gasteiger partial charge is 0.375 e. The van der Waals surface area contributed by atoms with Crippen molar-refractivity contribution in [3.63, 3.8) is 0 Å². The maximum absolute atomic E-state index is 14.0. The summed E-state index contributed by atoms with van der Waals surface area (Å²) in [5.41, 5.74) is 0.298. The van der Waals surface area contributed by atoms with Gasteiger partial charge in [0, 0.05) is 12.6 Å². The van der Waals surface area contributed by atoms with Crippen molar-refractivity contribution in [2.24, 2.45) is 0 Å². The molecule has 1 aromatic rings. The molecule has 1 saturated heterocycles. The van der Waals surface area contributed by atoms with Crippen LogP contribution in [0, 0.1) is 5.82 Å². The van der Waals surface area contributed by atoms with Crippen molar-refractivity contribution < 1.29 is 9.13 Å². The highest BCUT2D eigenvalue weighted by Crippen LogP contribution is 2.26. The van der Waals surface area contributed by atoms with E-state index in [9.17, 15) is 4.39 Å². The van der Waals surface area contributed by atoms with E-state index in [0.29, 0.717) is 24.5 Å². The van der Waals surface area contributed by atoms with E-state index < -0.39 is 0 Å². The predicted octanol–water partition coefficient (Wildman–Crippen LogP) is 2.55. The molecule has 0 amide bonds. The quantitative estimate of drug-likeness (QED) is 0.899. The highest BCUT2D eigenvalue weighted by molar-refractivity contribution is 5.38. The lowest BCUT2D eigenvalue weighted by Crippen LogP contribution is -2.40. The van der Waals surface area contributed by atoms with Crippen LogP contribution in [0.25, 0.3) is 0 Å². The molecule has 0 aliphatic carbocycles. The lowest BCUT2D eigenvalue weighted by Gasteiger charge is -2.36. The summed E-state index contributed by atoms with van der Waals surface area (Å²) in [4.78, 5) is 7.92. The van der Waals surface area contributed by atoms with E-state index in [1.54, 1.807) is 0 Å². The maximum atomic E-state index is 14.0. The Labute approximate surface area is 107 Å². The first kappa shape index (κ1) is 13.2. The third kappa shape index (κ3) is 2.96. The summed E-state index contributed by atoms with van der Waals surface area (Å²) in [6.07, 6.45) is 3.70.